The zero-order valence-electron chi connectivity index (χ0n) is 32.5. The molecule has 2 N–H and O–H groups in total. The van der Waals surface area contributed by atoms with Gasteiger partial charge in [0.15, 0.2) is 18.1 Å². The van der Waals surface area contributed by atoms with Gasteiger partial charge in [-0.15, -0.1) is 0 Å². The Morgan fingerprint density at radius 1 is 1.11 bits per heavy atom. The maximum atomic E-state index is 13.3. The van der Waals surface area contributed by atoms with Crippen LogP contribution in [0.15, 0.2) is 36.5 Å². The number of aldehydes is 1. The maximum absolute atomic E-state index is 13.3. The highest BCUT2D eigenvalue weighted by Crippen LogP contribution is 2.43. The molecular formula is C42H49Cl2N7O3. The summed E-state index contributed by atoms with van der Waals surface area (Å²) in [6, 6.07) is 7.72. The second-order valence-electron chi connectivity index (χ2n) is 14.6. The SMILES string of the molecule is CC(=N)OC(=N)C1C=Cc2c(c(N(C)C[C@@H](C)n3c(C=O)c(CCCOc4cc(C)c(Cl)c(C)c4)c4ccc(Cl)c(-c5c(C)nn(C)c5C)c43)cn2C)C1. The van der Waals surface area contributed by atoms with Crippen LogP contribution >= 0.6 is 23.2 Å². The van der Waals surface area contributed by atoms with Crippen LogP contribution in [0.1, 0.15) is 76.1 Å². The number of hydrogen-bond acceptors (Lipinski definition) is 7. The van der Waals surface area contributed by atoms with Crippen molar-refractivity contribution in [2.75, 3.05) is 25.1 Å². The molecule has 0 aliphatic heterocycles. The Morgan fingerprint density at radius 2 is 1.81 bits per heavy atom. The van der Waals surface area contributed by atoms with E-state index in [9.17, 15) is 4.79 Å². The van der Waals surface area contributed by atoms with Crippen LogP contribution in [0.3, 0.4) is 0 Å². The van der Waals surface area contributed by atoms with Gasteiger partial charge < -0.3 is 23.5 Å². The lowest BCUT2D eigenvalue weighted by Gasteiger charge is -2.28. The van der Waals surface area contributed by atoms with E-state index in [4.69, 9.17) is 48.6 Å². The first-order chi connectivity index (χ1) is 25.6. The number of fused-ring (bicyclic) bond motifs is 2. The van der Waals surface area contributed by atoms with E-state index in [1.165, 1.54) is 6.92 Å². The number of aryl methyl sites for hydroxylation is 6. The van der Waals surface area contributed by atoms with Gasteiger partial charge in [0.05, 0.1) is 40.1 Å². The number of rotatable bonds is 12. The predicted molar refractivity (Wildman–Crippen MR) is 221 cm³/mol. The average Bonchev–Trinajstić information content (AvgIpc) is 3.71. The van der Waals surface area contributed by atoms with Gasteiger partial charge in [0.1, 0.15) is 5.75 Å². The van der Waals surface area contributed by atoms with Gasteiger partial charge in [-0.1, -0.05) is 35.3 Å². The second-order valence-corrected chi connectivity index (χ2v) is 15.4. The molecular weight excluding hydrogens is 721 g/mol. The van der Waals surface area contributed by atoms with Crippen molar-refractivity contribution in [2.24, 2.45) is 20.0 Å². The van der Waals surface area contributed by atoms with Gasteiger partial charge >= 0.3 is 0 Å². The molecule has 0 saturated heterocycles. The molecule has 0 saturated carbocycles. The van der Waals surface area contributed by atoms with E-state index in [0.717, 1.165) is 84.1 Å². The van der Waals surface area contributed by atoms with Crippen LogP contribution in [0.25, 0.3) is 28.1 Å². The molecule has 2 atom stereocenters. The topological polar surface area (TPSA) is 114 Å². The Kier molecular flexibility index (Phi) is 11.2. The highest BCUT2D eigenvalue weighted by atomic mass is 35.5. The molecule has 0 bridgehead atoms. The van der Waals surface area contributed by atoms with Crippen molar-refractivity contribution in [1.29, 1.82) is 10.8 Å². The lowest BCUT2D eigenvalue weighted by Crippen LogP contribution is -2.28. The summed E-state index contributed by atoms with van der Waals surface area (Å²) in [6.07, 6.45) is 9.00. The first-order valence-corrected chi connectivity index (χ1v) is 19.0. The number of likely N-dealkylation sites (N-methyl/N-ethyl adjacent to an activating group) is 1. The summed E-state index contributed by atoms with van der Waals surface area (Å²) >= 11 is 13.5. The summed E-state index contributed by atoms with van der Waals surface area (Å²) in [5, 5.41) is 23.2. The van der Waals surface area contributed by atoms with Gasteiger partial charge in [-0.05, 0) is 94.8 Å². The number of halogens is 2. The van der Waals surface area contributed by atoms with E-state index in [1.54, 1.807) is 0 Å². The molecule has 6 rings (SSSR count). The minimum absolute atomic E-state index is 0.00174. The summed E-state index contributed by atoms with van der Waals surface area (Å²) in [6.45, 7) is 12.7. The molecule has 0 amide bonds. The van der Waals surface area contributed by atoms with Gasteiger partial charge in [0, 0.05) is 85.3 Å². The van der Waals surface area contributed by atoms with Crippen molar-refractivity contribution >= 4 is 63.9 Å². The monoisotopic (exact) mass is 769 g/mol. The average molecular weight is 771 g/mol. The van der Waals surface area contributed by atoms with E-state index in [-0.39, 0.29) is 23.8 Å². The summed E-state index contributed by atoms with van der Waals surface area (Å²) in [5.74, 6) is 0.569. The van der Waals surface area contributed by atoms with Crippen LogP contribution in [0.4, 0.5) is 5.69 Å². The number of nitrogens with one attached hydrogen (secondary N) is 2. The molecule has 1 aliphatic carbocycles. The molecule has 0 spiro atoms. The first-order valence-electron chi connectivity index (χ1n) is 18.2. The Morgan fingerprint density at radius 3 is 2.44 bits per heavy atom. The molecule has 3 heterocycles. The molecule has 2 aromatic carbocycles. The molecule has 0 radical (unpaired) electrons. The van der Waals surface area contributed by atoms with Gasteiger partial charge in [-0.25, -0.2) is 0 Å². The van der Waals surface area contributed by atoms with Crippen LogP contribution in [0.5, 0.6) is 5.75 Å². The van der Waals surface area contributed by atoms with Crippen LogP contribution in [0.2, 0.25) is 10.0 Å². The molecule has 284 valence electrons. The van der Waals surface area contributed by atoms with Crippen molar-refractivity contribution < 1.29 is 14.3 Å². The molecule has 5 aromatic rings. The maximum Gasteiger partial charge on any atom is 0.196 e. The highest BCUT2D eigenvalue weighted by molar-refractivity contribution is 6.35. The zero-order valence-corrected chi connectivity index (χ0v) is 34.0. The van der Waals surface area contributed by atoms with Gasteiger partial charge in [0.2, 0.25) is 0 Å². The van der Waals surface area contributed by atoms with E-state index in [1.807, 2.05) is 82.9 Å². The fourth-order valence-corrected chi connectivity index (χ4v) is 8.39. The van der Waals surface area contributed by atoms with Crippen LogP contribution < -0.4 is 9.64 Å². The summed E-state index contributed by atoms with van der Waals surface area (Å²) in [5.41, 5.74) is 11.4. The number of nitrogens with zero attached hydrogens (tertiary/aromatic N) is 5. The fraction of sp³-hybridized carbons (Fsp3) is 0.381. The standard InChI is InChI=1S/C42H49Cl2N7O3/c1-23-17-30(18-24(2)40(23)44)53-16-10-11-31-32-13-14-34(43)39(38-26(4)47-50(9)27(38)5)41(32)51(37(31)22-52)25(3)20-48(7)36-21-49(8)35-15-12-29(19-33(35)36)42(46)54-28(6)45/h12-15,17-18,21-22,25,29,45-46H,10-11,16,19-20H2,1-9H3/t25-,29?/m1/s1. The smallest absolute Gasteiger partial charge is 0.196 e. The van der Waals surface area contributed by atoms with Crippen molar-refractivity contribution in [3.8, 4) is 16.9 Å². The molecule has 54 heavy (non-hydrogen) atoms. The minimum atomic E-state index is -0.269. The number of aromatic nitrogens is 4. The first kappa shape index (κ1) is 38.9. The lowest BCUT2D eigenvalue weighted by molar-refractivity contribution is 0.111. The molecule has 10 nitrogen and oxygen atoms in total. The third-order valence-corrected chi connectivity index (χ3v) is 11.5. The fourth-order valence-electron chi connectivity index (χ4n) is 8.04. The summed E-state index contributed by atoms with van der Waals surface area (Å²) < 4.78 is 17.7. The molecule has 1 aliphatic rings. The predicted octanol–water partition coefficient (Wildman–Crippen LogP) is 9.62. The summed E-state index contributed by atoms with van der Waals surface area (Å²) in [4.78, 5) is 15.5. The van der Waals surface area contributed by atoms with Crippen molar-refractivity contribution in [2.45, 2.75) is 66.8 Å². The van der Waals surface area contributed by atoms with E-state index < -0.39 is 0 Å². The number of benzene rings is 2. The Hall–Kier alpha value is -4.80. The molecule has 12 heteroatoms. The summed E-state index contributed by atoms with van der Waals surface area (Å²) in [7, 11) is 6.02. The third kappa shape index (κ3) is 7.21. The Balaban J connectivity index is 1.39. The molecule has 3 aromatic heterocycles. The second kappa shape index (κ2) is 15.5. The number of carbonyl (C=O) groups is 1. The Bertz CT molecular complexity index is 2310. The van der Waals surface area contributed by atoms with Crippen molar-refractivity contribution in [3.05, 3.63) is 91.6 Å². The van der Waals surface area contributed by atoms with E-state index in [2.05, 4.69) is 34.2 Å². The number of ether oxygens (including phenoxy) is 2. The van der Waals surface area contributed by atoms with Gasteiger partial charge in [0.25, 0.3) is 0 Å². The normalized spacial score (nSPS) is 14.3. The number of hydrogen-bond donors (Lipinski definition) is 2. The van der Waals surface area contributed by atoms with Crippen LogP contribution in [0, 0.1) is 44.4 Å². The Labute approximate surface area is 327 Å². The largest absolute Gasteiger partial charge is 0.494 e. The number of carbonyl (C=O) groups excluding carboxylic acids is 1. The quantitative estimate of drug-likeness (QED) is 0.0568. The van der Waals surface area contributed by atoms with Crippen molar-refractivity contribution in [3.63, 3.8) is 0 Å². The van der Waals surface area contributed by atoms with E-state index >= 15 is 0 Å². The lowest BCUT2D eigenvalue weighted by atomic mass is 9.92. The zero-order chi connectivity index (χ0) is 39.2. The van der Waals surface area contributed by atoms with Gasteiger partial charge in [-0.2, -0.15) is 5.10 Å². The van der Waals surface area contributed by atoms with Gasteiger partial charge in [-0.3, -0.25) is 20.3 Å². The van der Waals surface area contributed by atoms with E-state index in [0.29, 0.717) is 43.1 Å². The number of anilines is 1. The minimum Gasteiger partial charge on any atom is -0.494 e. The highest BCUT2D eigenvalue weighted by Gasteiger charge is 2.30. The van der Waals surface area contributed by atoms with Crippen molar-refractivity contribution in [1.82, 2.24) is 18.9 Å². The third-order valence-electron chi connectivity index (χ3n) is 10.6. The molecule has 0 fully saturated rings. The van der Waals surface area contributed by atoms with Crippen LogP contribution in [-0.2, 0) is 31.7 Å². The molecule has 1 unspecified atom stereocenters. The van der Waals surface area contributed by atoms with Crippen LogP contribution in [-0.4, -0.2) is 57.2 Å².